The molecule has 0 saturated carbocycles. The Kier molecular flexibility index (Phi) is 6.98. The SMILES string of the molecule is C[C@H](COC(=O)N1CCCC1)[C@@H](c1cc(F)ccc1F)S(=O)(=O)c1ccc(Cl)cc1. The average molecular weight is 458 g/mol. The largest absolute Gasteiger partial charge is 0.449 e. The minimum atomic E-state index is -4.15. The second-order valence-corrected chi connectivity index (χ2v) is 9.84. The number of amides is 1. The summed E-state index contributed by atoms with van der Waals surface area (Å²) in [6, 6.07) is 8.11. The molecular weight excluding hydrogens is 436 g/mol. The topological polar surface area (TPSA) is 63.7 Å². The highest BCUT2D eigenvalue weighted by atomic mass is 35.5. The van der Waals surface area contributed by atoms with Crippen molar-refractivity contribution >= 4 is 27.5 Å². The van der Waals surface area contributed by atoms with Gasteiger partial charge in [-0.1, -0.05) is 18.5 Å². The minimum absolute atomic E-state index is 0.0849. The molecule has 1 saturated heterocycles. The van der Waals surface area contributed by atoms with Crippen molar-refractivity contribution in [3.63, 3.8) is 0 Å². The number of rotatable bonds is 6. The van der Waals surface area contributed by atoms with Gasteiger partial charge >= 0.3 is 6.09 Å². The molecule has 162 valence electrons. The monoisotopic (exact) mass is 457 g/mol. The maximum atomic E-state index is 14.6. The molecule has 2 atom stereocenters. The Labute approximate surface area is 179 Å². The zero-order chi connectivity index (χ0) is 21.9. The number of ether oxygens (including phenoxy) is 1. The highest BCUT2D eigenvalue weighted by molar-refractivity contribution is 7.91. The summed E-state index contributed by atoms with van der Waals surface area (Å²) in [6.45, 7) is 2.43. The number of halogens is 3. The lowest BCUT2D eigenvalue weighted by atomic mass is 10.0. The fraction of sp³-hybridized carbons (Fsp3) is 0.381. The van der Waals surface area contributed by atoms with Crippen LogP contribution in [0.4, 0.5) is 13.6 Å². The number of carbonyl (C=O) groups is 1. The summed E-state index contributed by atoms with van der Waals surface area (Å²) in [5.41, 5.74) is -0.310. The van der Waals surface area contributed by atoms with Gasteiger partial charge in [0.1, 0.15) is 11.6 Å². The zero-order valence-corrected chi connectivity index (χ0v) is 17.9. The van der Waals surface area contributed by atoms with Crippen LogP contribution in [-0.4, -0.2) is 39.1 Å². The van der Waals surface area contributed by atoms with E-state index in [1.54, 1.807) is 0 Å². The summed E-state index contributed by atoms with van der Waals surface area (Å²) in [6.07, 6.45) is 1.22. The first-order chi connectivity index (χ1) is 14.2. The number of benzene rings is 2. The lowest BCUT2D eigenvalue weighted by Crippen LogP contribution is -2.32. The van der Waals surface area contributed by atoms with Gasteiger partial charge in [0.15, 0.2) is 9.84 Å². The first-order valence-electron chi connectivity index (χ1n) is 9.56. The molecule has 0 bridgehead atoms. The van der Waals surface area contributed by atoms with Crippen LogP contribution < -0.4 is 0 Å². The van der Waals surface area contributed by atoms with Crippen molar-refractivity contribution in [1.82, 2.24) is 4.90 Å². The van der Waals surface area contributed by atoms with Gasteiger partial charge in [-0.25, -0.2) is 22.0 Å². The fourth-order valence-electron chi connectivity index (χ4n) is 3.56. The van der Waals surface area contributed by atoms with Crippen LogP contribution in [-0.2, 0) is 14.6 Å². The van der Waals surface area contributed by atoms with Gasteiger partial charge in [-0.05, 0) is 55.3 Å². The van der Waals surface area contributed by atoms with E-state index in [-0.39, 0.29) is 17.1 Å². The van der Waals surface area contributed by atoms with E-state index < -0.39 is 38.7 Å². The Hall–Kier alpha value is -2.19. The summed E-state index contributed by atoms with van der Waals surface area (Å²) < 4.78 is 60.5. The molecule has 5 nitrogen and oxygen atoms in total. The fourth-order valence-corrected chi connectivity index (χ4v) is 5.70. The van der Waals surface area contributed by atoms with Crippen molar-refractivity contribution in [3.8, 4) is 0 Å². The van der Waals surface area contributed by atoms with Gasteiger partial charge in [-0.15, -0.1) is 0 Å². The van der Waals surface area contributed by atoms with E-state index in [9.17, 15) is 22.0 Å². The van der Waals surface area contributed by atoms with Crippen molar-refractivity contribution < 1.29 is 26.7 Å². The highest BCUT2D eigenvalue weighted by Gasteiger charge is 2.37. The lowest BCUT2D eigenvalue weighted by Gasteiger charge is -2.26. The Morgan fingerprint density at radius 1 is 1.13 bits per heavy atom. The molecule has 1 amide bonds. The third-order valence-electron chi connectivity index (χ3n) is 5.09. The van der Waals surface area contributed by atoms with E-state index in [2.05, 4.69) is 0 Å². The van der Waals surface area contributed by atoms with E-state index in [0.29, 0.717) is 18.1 Å². The molecule has 1 aliphatic rings. The quantitative estimate of drug-likeness (QED) is 0.612. The third kappa shape index (κ3) is 4.92. The molecule has 1 heterocycles. The van der Waals surface area contributed by atoms with Gasteiger partial charge in [0.2, 0.25) is 0 Å². The molecule has 2 aromatic carbocycles. The smallest absolute Gasteiger partial charge is 0.409 e. The van der Waals surface area contributed by atoms with E-state index in [1.165, 1.54) is 36.1 Å². The Morgan fingerprint density at radius 2 is 1.77 bits per heavy atom. The van der Waals surface area contributed by atoms with E-state index >= 15 is 0 Å². The highest BCUT2D eigenvalue weighted by Crippen LogP contribution is 2.37. The Bertz CT molecular complexity index is 1010. The Balaban J connectivity index is 1.93. The van der Waals surface area contributed by atoms with Crippen LogP contribution in [0.5, 0.6) is 0 Å². The van der Waals surface area contributed by atoms with Crippen molar-refractivity contribution in [2.45, 2.75) is 29.9 Å². The summed E-state index contributed by atoms with van der Waals surface area (Å²) in [4.78, 5) is 13.6. The van der Waals surface area contributed by atoms with Crippen LogP contribution in [0, 0.1) is 17.6 Å². The van der Waals surface area contributed by atoms with Crippen LogP contribution in [0.3, 0.4) is 0 Å². The van der Waals surface area contributed by atoms with Gasteiger partial charge in [0, 0.05) is 29.6 Å². The van der Waals surface area contributed by atoms with Gasteiger partial charge < -0.3 is 9.64 Å². The minimum Gasteiger partial charge on any atom is -0.449 e. The molecule has 0 N–H and O–H groups in total. The maximum Gasteiger partial charge on any atom is 0.409 e. The molecule has 0 aliphatic carbocycles. The van der Waals surface area contributed by atoms with Crippen LogP contribution in [0.15, 0.2) is 47.4 Å². The third-order valence-corrected chi connectivity index (χ3v) is 7.66. The number of nitrogens with zero attached hydrogens (tertiary/aromatic N) is 1. The number of sulfone groups is 1. The van der Waals surface area contributed by atoms with Crippen LogP contribution >= 0.6 is 11.6 Å². The van der Waals surface area contributed by atoms with Crippen LogP contribution in [0.1, 0.15) is 30.6 Å². The molecular formula is C21H22ClF2NO4S. The normalized spacial score (nSPS) is 16.3. The maximum absolute atomic E-state index is 14.6. The first kappa shape index (κ1) is 22.5. The summed E-state index contributed by atoms with van der Waals surface area (Å²) in [7, 11) is -4.15. The van der Waals surface area contributed by atoms with Gasteiger partial charge in [-0.3, -0.25) is 0 Å². The number of hydrogen-bond acceptors (Lipinski definition) is 4. The summed E-state index contributed by atoms with van der Waals surface area (Å²) in [5.74, 6) is -2.45. The number of likely N-dealkylation sites (tertiary alicyclic amines) is 1. The number of carbonyl (C=O) groups excluding carboxylic acids is 1. The molecule has 2 aromatic rings. The van der Waals surface area contributed by atoms with Crippen molar-refractivity contribution in [2.24, 2.45) is 5.92 Å². The van der Waals surface area contributed by atoms with Crippen molar-refractivity contribution in [3.05, 3.63) is 64.7 Å². The predicted molar refractivity (Wildman–Crippen MR) is 109 cm³/mol. The molecule has 0 radical (unpaired) electrons. The second kappa shape index (κ2) is 9.31. The molecule has 0 aromatic heterocycles. The average Bonchev–Trinajstić information content (AvgIpc) is 3.24. The van der Waals surface area contributed by atoms with Crippen LogP contribution in [0.25, 0.3) is 0 Å². The molecule has 1 aliphatic heterocycles. The first-order valence-corrected chi connectivity index (χ1v) is 11.5. The van der Waals surface area contributed by atoms with Gasteiger partial charge in [0.25, 0.3) is 0 Å². The van der Waals surface area contributed by atoms with Crippen LogP contribution in [0.2, 0.25) is 5.02 Å². The van der Waals surface area contributed by atoms with Gasteiger partial charge in [-0.2, -0.15) is 0 Å². The number of hydrogen-bond donors (Lipinski definition) is 0. The summed E-state index contributed by atoms with van der Waals surface area (Å²) >= 11 is 5.85. The Morgan fingerprint density at radius 3 is 2.40 bits per heavy atom. The molecule has 0 spiro atoms. The molecule has 0 unspecified atom stereocenters. The second-order valence-electron chi connectivity index (χ2n) is 7.33. The lowest BCUT2D eigenvalue weighted by molar-refractivity contribution is 0.0960. The zero-order valence-electron chi connectivity index (χ0n) is 16.4. The molecule has 9 heteroatoms. The van der Waals surface area contributed by atoms with E-state index in [4.69, 9.17) is 16.3 Å². The van der Waals surface area contributed by atoms with Crippen molar-refractivity contribution in [2.75, 3.05) is 19.7 Å². The predicted octanol–water partition coefficient (Wildman–Crippen LogP) is 5.00. The van der Waals surface area contributed by atoms with E-state index in [0.717, 1.165) is 31.0 Å². The van der Waals surface area contributed by atoms with Gasteiger partial charge in [0.05, 0.1) is 16.8 Å². The molecule has 30 heavy (non-hydrogen) atoms. The molecule has 1 fully saturated rings. The molecule has 3 rings (SSSR count). The standard InChI is InChI=1S/C21H22ClF2NO4S/c1-14(13-29-21(26)25-10-2-3-11-25)20(18-12-16(23)6-9-19(18)24)30(27,28)17-7-4-15(22)5-8-17/h4-9,12,14,20H,2-3,10-11,13H2,1H3/t14-,20+/m1/s1. The van der Waals surface area contributed by atoms with Crippen molar-refractivity contribution in [1.29, 1.82) is 0 Å². The van der Waals surface area contributed by atoms with E-state index in [1.807, 2.05) is 0 Å². The summed E-state index contributed by atoms with van der Waals surface area (Å²) in [5, 5.41) is -1.12.